The molecule has 3 N–H and O–H groups in total. The van der Waals surface area contributed by atoms with E-state index < -0.39 is 17.5 Å². The molecule has 0 aromatic heterocycles. The van der Waals surface area contributed by atoms with E-state index in [9.17, 15) is 23.2 Å². The van der Waals surface area contributed by atoms with Crippen LogP contribution in [0, 0.1) is 11.6 Å². The van der Waals surface area contributed by atoms with Gasteiger partial charge < -0.3 is 16.0 Å². The minimum Gasteiger partial charge on any atom is -0.354 e. The Bertz CT molecular complexity index is 899. The van der Waals surface area contributed by atoms with Gasteiger partial charge in [-0.05, 0) is 50.1 Å². The number of carbonyl (C=O) groups excluding carboxylic acids is 3. The first-order valence-electron chi connectivity index (χ1n) is 9.66. The van der Waals surface area contributed by atoms with E-state index in [4.69, 9.17) is 0 Å². The number of amides is 3. The molecular weight excluding hydrogens is 392 g/mol. The normalized spacial score (nSPS) is 10.6. The van der Waals surface area contributed by atoms with Crippen molar-refractivity contribution in [1.82, 2.24) is 10.6 Å². The molecular formula is C22H25F2N3O3. The van der Waals surface area contributed by atoms with Gasteiger partial charge in [0, 0.05) is 30.8 Å². The highest BCUT2D eigenvalue weighted by Gasteiger charge is 2.12. The van der Waals surface area contributed by atoms with Gasteiger partial charge in [-0.15, -0.1) is 0 Å². The Balaban J connectivity index is 1.71. The zero-order valence-corrected chi connectivity index (χ0v) is 16.9. The van der Waals surface area contributed by atoms with E-state index >= 15 is 0 Å². The lowest BCUT2D eigenvalue weighted by molar-refractivity contribution is -0.121. The van der Waals surface area contributed by atoms with E-state index in [1.807, 2.05) is 13.8 Å². The Morgan fingerprint density at radius 3 is 2.30 bits per heavy atom. The molecule has 3 amide bonds. The van der Waals surface area contributed by atoms with Crippen LogP contribution in [-0.2, 0) is 16.0 Å². The molecule has 0 atom stereocenters. The summed E-state index contributed by atoms with van der Waals surface area (Å²) in [6, 6.07) is 9.78. The Kier molecular flexibility index (Phi) is 8.46. The first-order valence-corrected chi connectivity index (χ1v) is 9.66. The molecule has 2 aromatic rings. The van der Waals surface area contributed by atoms with Gasteiger partial charge in [0.15, 0.2) is 0 Å². The smallest absolute Gasteiger partial charge is 0.254 e. The Morgan fingerprint density at radius 1 is 0.967 bits per heavy atom. The second kappa shape index (κ2) is 11.0. The number of rotatable bonds is 9. The third-order valence-corrected chi connectivity index (χ3v) is 4.09. The molecule has 0 aliphatic heterocycles. The standard InChI is InChI=1S/C22H25F2N3O3/c1-14(2)26-21(29)12-15-5-8-17(9-6-15)27-20(28)4-3-11-25-22(30)18-10-7-16(23)13-19(18)24/h5-10,13-14H,3-4,11-12H2,1-2H3,(H,25,30)(H,26,29)(H,27,28). The summed E-state index contributed by atoms with van der Waals surface area (Å²) < 4.78 is 26.4. The Labute approximate surface area is 174 Å². The van der Waals surface area contributed by atoms with Crippen molar-refractivity contribution in [2.24, 2.45) is 0 Å². The average Bonchev–Trinajstić information content (AvgIpc) is 2.66. The maximum Gasteiger partial charge on any atom is 0.254 e. The van der Waals surface area contributed by atoms with Gasteiger partial charge in [-0.2, -0.15) is 0 Å². The number of benzene rings is 2. The predicted octanol–water partition coefficient (Wildman–Crippen LogP) is 3.18. The lowest BCUT2D eigenvalue weighted by Gasteiger charge is -2.09. The molecule has 0 saturated heterocycles. The van der Waals surface area contributed by atoms with Gasteiger partial charge >= 0.3 is 0 Å². The van der Waals surface area contributed by atoms with Crippen molar-refractivity contribution in [3.05, 3.63) is 65.2 Å². The second-order valence-electron chi connectivity index (χ2n) is 7.13. The molecule has 0 unspecified atom stereocenters. The molecule has 0 fully saturated rings. The predicted molar refractivity (Wildman–Crippen MR) is 110 cm³/mol. The minimum atomic E-state index is -0.935. The highest BCUT2D eigenvalue weighted by atomic mass is 19.1. The summed E-state index contributed by atoms with van der Waals surface area (Å²) in [5, 5.41) is 8.05. The third kappa shape index (κ3) is 7.62. The Morgan fingerprint density at radius 2 is 1.67 bits per heavy atom. The van der Waals surface area contributed by atoms with Crippen molar-refractivity contribution >= 4 is 23.4 Å². The van der Waals surface area contributed by atoms with E-state index in [1.54, 1.807) is 24.3 Å². The molecule has 8 heteroatoms. The largest absolute Gasteiger partial charge is 0.354 e. The summed E-state index contributed by atoms with van der Waals surface area (Å²) in [6.45, 7) is 3.96. The monoisotopic (exact) mass is 417 g/mol. The lowest BCUT2D eigenvalue weighted by atomic mass is 10.1. The van der Waals surface area contributed by atoms with Crippen LogP contribution >= 0.6 is 0 Å². The molecule has 30 heavy (non-hydrogen) atoms. The van der Waals surface area contributed by atoms with Gasteiger partial charge in [-0.25, -0.2) is 8.78 Å². The molecule has 0 bridgehead atoms. The maximum absolute atomic E-state index is 13.5. The molecule has 0 aliphatic rings. The topological polar surface area (TPSA) is 87.3 Å². The molecule has 0 spiro atoms. The number of anilines is 1. The van der Waals surface area contributed by atoms with Crippen molar-refractivity contribution in [2.75, 3.05) is 11.9 Å². The van der Waals surface area contributed by atoms with E-state index in [-0.39, 0.29) is 42.8 Å². The molecule has 0 saturated carbocycles. The Hall–Kier alpha value is -3.29. The number of nitrogens with one attached hydrogen (secondary N) is 3. The van der Waals surface area contributed by atoms with E-state index in [2.05, 4.69) is 16.0 Å². The second-order valence-corrected chi connectivity index (χ2v) is 7.13. The summed E-state index contributed by atoms with van der Waals surface area (Å²) >= 11 is 0. The number of hydrogen-bond acceptors (Lipinski definition) is 3. The van der Waals surface area contributed by atoms with Crippen molar-refractivity contribution < 1.29 is 23.2 Å². The van der Waals surface area contributed by atoms with Crippen LogP contribution in [0.4, 0.5) is 14.5 Å². The summed E-state index contributed by atoms with van der Waals surface area (Å²) in [4.78, 5) is 35.6. The molecule has 0 heterocycles. The lowest BCUT2D eigenvalue weighted by Crippen LogP contribution is -2.31. The first kappa shape index (κ1) is 23.0. The van der Waals surface area contributed by atoms with Crippen LogP contribution in [0.2, 0.25) is 0 Å². The summed E-state index contributed by atoms with van der Waals surface area (Å²) in [5.41, 5.74) is 1.19. The van der Waals surface area contributed by atoms with Crippen molar-refractivity contribution in [2.45, 2.75) is 39.2 Å². The number of carbonyl (C=O) groups is 3. The van der Waals surface area contributed by atoms with Gasteiger partial charge in [0.1, 0.15) is 11.6 Å². The van der Waals surface area contributed by atoms with E-state index in [0.29, 0.717) is 18.2 Å². The first-order chi connectivity index (χ1) is 14.2. The fourth-order valence-electron chi connectivity index (χ4n) is 2.71. The van der Waals surface area contributed by atoms with Crippen LogP contribution in [0.1, 0.15) is 42.6 Å². The summed E-state index contributed by atoms with van der Waals surface area (Å²) in [7, 11) is 0. The van der Waals surface area contributed by atoms with Crippen molar-refractivity contribution in [3.8, 4) is 0 Å². The summed E-state index contributed by atoms with van der Waals surface area (Å²) in [5.74, 6) is -2.65. The van der Waals surface area contributed by atoms with Gasteiger partial charge in [-0.3, -0.25) is 14.4 Å². The number of halogens is 2. The molecule has 6 nitrogen and oxygen atoms in total. The zero-order valence-electron chi connectivity index (χ0n) is 16.9. The van der Waals surface area contributed by atoms with Crippen LogP contribution in [-0.4, -0.2) is 30.3 Å². The molecule has 0 radical (unpaired) electrons. The highest BCUT2D eigenvalue weighted by Crippen LogP contribution is 2.11. The summed E-state index contributed by atoms with van der Waals surface area (Å²) in [6.07, 6.45) is 0.777. The quantitative estimate of drug-likeness (QED) is 0.548. The van der Waals surface area contributed by atoms with Crippen molar-refractivity contribution in [1.29, 1.82) is 0 Å². The third-order valence-electron chi connectivity index (χ3n) is 4.09. The van der Waals surface area contributed by atoms with Gasteiger partial charge in [0.25, 0.3) is 5.91 Å². The van der Waals surface area contributed by atoms with Crippen LogP contribution in [0.25, 0.3) is 0 Å². The minimum absolute atomic E-state index is 0.0654. The zero-order chi connectivity index (χ0) is 22.1. The molecule has 0 aliphatic carbocycles. The number of hydrogen-bond donors (Lipinski definition) is 3. The van der Waals surface area contributed by atoms with Gasteiger partial charge in [-0.1, -0.05) is 12.1 Å². The van der Waals surface area contributed by atoms with Crippen LogP contribution in [0.5, 0.6) is 0 Å². The highest BCUT2D eigenvalue weighted by molar-refractivity contribution is 5.94. The SMILES string of the molecule is CC(C)NC(=O)Cc1ccc(NC(=O)CCCNC(=O)c2ccc(F)cc2F)cc1. The van der Waals surface area contributed by atoms with Crippen LogP contribution < -0.4 is 16.0 Å². The fraction of sp³-hybridized carbons (Fsp3) is 0.318. The van der Waals surface area contributed by atoms with Crippen LogP contribution in [0.3, 0.4) is 0 Å². The average molecular weight is 417 g/mol. The van der Waals surface area contributed by atoms with E-state index in [1.165, 1.54) is 0 Å². The fourth-order valence-corrected chi connectivity index (χ4v) is 2.71. The molecule has 2 rings (SSSR count). The van der Waals surface area contributed by atoms with E-state index in [0.717, 1.165) is 17.7 Å². The van der Waals surface area contributed by atoms with Crippen molar-refractivity contribution in [3.63, 3.8) is 0 Å². The molecule has 160 valence electrons. The maximum atomic E-state index is 13.5. The molecule has 2 aromatic carbocycles. The van der Waals surface area contributed by atoms with Gasteiger partial charge in [0.2, 0.25) is 11.8 Å². The van der Waals surface area contributed by atoms with Gasteiger partial charge in [0.05, 0.1) is 12.0 Å². The van der Waals surface area contributed by atoms with Crippen LogP contribution in [0.15, 0.2) is 42.5 Å².